The fourth-order valence-corrected chi connectivity index (χ4v) is 7.42. The van der Waals surface area contributed by atoms with Crippen LogP contribution in [-0.4, -0.2) is 67.8 Å². The van der Waals surface area contributed by atoms with E-state index in [-0.39, 0.29) is 37.7 Å². The van der Waals surface area contributed by atoms with Crippen LogP contribution in [0.2, 0.25) is 0 Å². The predicted molar refractivity (Wildman–Crippen MR) is 142 cm³/mol. The van der Waals surface area contributed by atoms with Crippen LogP contribution in [0, 0.1) is 0 Å². The fraction of sp³-hybridized carbons (Fsp3) is 0.296. The first-order valence-electron chi connectivity index (χ1n) is 12.8. The lowest BCUT2D eigenvalue weighted by atomic mass is 10.1. The summed E-state index contributed by atoms with van der Waals surface area (Å²) in [6, 6.07) is 11.4. The van der Waals surface area contributed by atoms with Gasteiger partial charge in [0.1, 0.15) is 5.82 Å². The Bertz CT molecular complexity index is 1640. The molecule has 1 N–H and O–H groups in total. The lowest BCUT2D eigenvalue weighted by Crippen LogP contribution is -2.66. The first-order chi connectivity index (χ1) is 20.2. The topological polar surface area (TPSA) is 103 Å². The van der Waals surface area contributed by atoms with Crippen molar-refractivity contribution in [3.05, 3.63) is 84.1 Å². The quantitative estimate of drug-likeness (QED) is 0.427. The van der Waals surface area contributed by atoms with Crippen molar-refractivity contribution < 1.29 is 44.3 Å². The minimum Gasteiger partial charge on any atom is -0.353 e. The number of hydrogen-bond donors (Lipinski definition) is 1. The maximum absolute atomic E-state index is 14.4. The van der Waals surface area contributed by atoms with Crippen LogP contribution >= 0.6 is 0 Å². The molecule has 228 valence electrons. The highest BCUT2D eigenvalue weighted by Crippen LogP contribution is 2.43. The number of rotatable bonds is 5. The van der Waals surface area contributed by atoms with E-state index in [1.54, 1.807) is 6.07 Å². The SMILES string of the molecule is O=C1NCC(C(=O)N2CCN(c3ncccc3C(F)(F)F)CC2)(S(=O)(=O)c2ccccc2C(F)(F)F)N1c1ccccc1. The average Bonchev–Trinajstić information content (AvgIpc) is 3.35. The summed E-state index contributed by atoms with van der Waals surface area (Å²) in [7, 11) is -5.33. The highest BCUT2D eigenvalue weighted by Gasteiger charge is 2.64. The van der Waals surface area contributed by atoms with E-state index in [2.05, 4.69) is 10.3 Å². The van der Waals surface area contributed by atoms with E-state index in [0.29, 0.717) is 11.0 Å². The average molecular weight is 628 g/mol. The molecule has 2 saturated heterocycles. The van der Waals surface area contributed by atoms with Gasteiger partial charge in [-0.2, -0.15) is 26.3 Å². The second-order valence-electron chi connectivity index (χ2n) is 9.76. The van der Waals surface area contributed by atoms with Gasteiger partial charge in [-0.05, 0) is 36.4 Å². The Morgan fingerprint density at radius 2 is 1.40 bits per heavy atom. The normalized spacial score (nSPS) is 19.9. The number of halogens is 6. The molecule has 5 rings (SSSR count). The van der Waals surface area contributed by atoms with Crippen molar-refractivity contribution >= 4 is 33.3 Å². The number of amides is 3. The molecule has 0 spiro atoms. The Labute approximate surface area is 241 Å². The van der Waals surface area contributed by atoms with Gasteiger partial charge in [-0.15, -0.1) is 0 Å². The maximum atomic E-state index is 14.4. The number of nitrogens with one attached hydrogen (secondary N) is 1. The Kier molecular flexibility index (Phi) is 7.52. The zero-order valence-corrected chi connectivity index (χ0v) is 22.9. The van der Waals surface area contributed by atoms with E-state index in [1.807, 2.05) is 0 Å². The van der Waals surface area contributed by atoms with E-state index in [0.717, 1.165) is 35.2 Å². The van der Waals surface area contributed by atoms with Crippen LogP contribution in [0.15, 0.2) is 77.8 Å². The molecule has 1 unspecified atom stereocenters. The summed E-state index contributed by atoms with van der Waals surface area (Å²) in [4.78, 5) is 30.1. The molecule has 2 aliphatic heterocycles. The number of pyridine rings is 1. The molecule has 1 atom stereocenters. The van der Waals surface area contributed by atoms with Gasteiger partial charge < -0.3 is 15.1 Å². The molecule has 2 aliphatic rings. The summed E-state index contributed by atoms with van der Waals surface area (Å²) < 4.78 is 112. The second kappa shape index (κ2) is 10.7. The van der Waals surface area contributed by atoms with Crippen molar-refractivity contribution in [3.63, 3.8) is 0 Å². The van der Waals surface area contributed by atoms with Crippen LogP contribution in [0.5, 0.6) is 0 Å². The Morgan fingerprint density at radius 3 is 2.02 bits per heavy atom. The molecule has 0 bridgehead atoms. The third-order valence-electron chi connectivity index (χ3n) is 7.28. The number of benzene rings is 2. The number of carbonyl (C=O) groups excluding carboxylic acids is 2. The summed E-state index contributed by atoms with van der Waals surface area (Å²) in [5.41, 5.74) is -2.59. The molecule has 3 heterocycles. The number of para-hydroxylation sites is 1. The first-order valence-corrected chi connectivity index (χ1v) is 14.3. The maximum Gasteiger partial charge on any atom is 0.419 e. The Morgan fingerprint density at radius 1 is 0.814 bits per heavy atom. The van der Waals surface area contributed by atoms with E-state index in [1.165, 1.54) is 35.4 Å². The van der Waals surface area contributed by atoms with Crippen molar-refractivity contribution in [2.45, 2.75) is 22.1 Å². The van der Waals surface area contributed by atoms with Gasteiger partial charge in [-0.25, -0.2) is 18.2 Å². The summed E-state index contributed by atoms with van der Waals surface area (Å²) in [5, 5.41) is 2.31. The first kappa shape index (κ1) is 30.1. The zero-order valence-electron chi connectivity index (χ0n) is 22.1. The van der Waals surface area contributed by atoms with E-state index < -0.39 is 61.6 Å². The van der Waals surface area contributed by atoms with Crippen molar-refractivity contribution in [3.8, 4) is 0 Å². The van der Waals surface area contributed by atoms with Crippen LogP contribution in [0.1, 0.15) is 11.1 Å². The number of urea groups is 1. The van der Waals surface area contributed by atoms with Gasteiger partial charge >= 0.3 is 18.4 Å². The van der Waals surface area contributed by atoms with Crippen molar-refractivity contribution in [1.29, 1.82) is 0 Å². The van der Waals surface area contributed by atoms with E-state index in [4.69, 9.17) is 0 Å². The molecule has 2 aromatic carbocycles. The van der Waals surface area contributed by atoms with Gasteiger partial charge in [0, 0.05) is 38.1 Å². The Hall–Kier alpha value is -4.34. The van der Waals surface area contributed by atoms with Crippen LogP contribution in [0.3, 0.4) is 0 Å². The number of piperazine rings is 1. The van der Waals surface area contributed by atoms with Gasteiger partial charge in [-0.3, -0.25) is 9.69 Å². The number of anilines is 2. The standard InChI is InChI=1S/C27H23F6N5O4S/c28-26(29,30)19-9-4-5-11-21(19)43(41,42)25(17-35-24(40)38(25)18-7-2-1-3-8-18)23(39)37-15-13-36(14-16-37)22-20(27(31,32)33)10-6-12-34-22/h1-12H,13-17H2,(H,35,40). The minimum absolute atomic E-state index is 0.0687. The van der Waals surface area contributed by atoms with Crippen LogP contribution in [-0.2, 0) is 27.0 Å². The molecule has 3 amide bonds. The zero-order chi connectivity index (χ0) is 31.2. The highest BCUT2D eigenvalue weighted by atomic mass is 32.2. The molecule has 9 nitrogen and oxygen atoms in total. The van der Waals surface area contributed by atoms with E-state index in [9.17, 15) is 44.3 Å². The number of sulfone groups is 1. The fourth-order valence-electron chi connectivity index (χ4n) is 5.28. The number of aromatic nitrogens is 1. The van der Waals surface area contributed by atoms with Gasteiger partial charge in [-0.1, -0.05) is 30.3 Å². The van der Waals surface area contributed by atoms with Gasteiger partial charge in [0.15, 0.2) is 0 Å². The molecule has 0 radical (unpaired) electrons. The lowest BCUT2D eigenvalue weighted by molar-refractivity contribution is -0.140. The van der Waals surface area contributed by atoms with Crippen molar-refractivity contribution in [2.24, 2.45) is 0 Å². The number of hydrogen-bond acceptors (Lipinski definition) is 6. The van der Waals surface area contributed by atoms with Gasteiger partial charge in [0.05, 0.1) is 22.6 Å². The lowest BCUT2D eigenvalue weighted by Gasteiger charge is -2.42. The summed E-state index contributed by atoms with van der Waals surface area (Å²) in [6.07, 6.45) is -8.66. The van der Waals surface area contributed by atoms with E-state index >= 15 is 0 Å². The van der Waals surface area contributed by atoms with Crippen LogP contribution < -0.4 is 15.1 Å². The summed E-state index contributed by atoms with van der Waals surface area (Å²) >= 11 is 0. The number of carbonyl (C=O) groups is 2. The van der Waals surface area contributed by atoms with Crippen molar-refractivity contribution in [1.82, 2.24) is 15.2 Å². The monoisotopic (exact) mass is 627 g/mol. The molecule has 0 saturated carbocycles. The van der Waals surface area contributed by atoms with Gasteiger partial charge in [0.25, 0.3) is 10.8 Å². The van der Waals surface area contributed by atoms with Crippen molar-refractivity contribution in [2.75, 3.05) is 42.5 Å². The molecule has 2 fully saturated rings. The van der Waals surface area contributed by atoms with Crippen LogP contribution in [0.25, 0.3) is 0 Å². The third kappa shape index (κ3) is 5.13. The largest absolute Gasteiger partial charge is 0.419 e. The summed E-state index contributed by atoms with van der Waals surface area (Å²) in [6.45, 7) is -1.89. The molecule has 0 aliphatic carbocycles. The van der Waals surface area contributed by atoms with Crippen LogP contribution in [0.4, 0.5) is 42.6 Å². The molecule has 43 heavy (non-hydrogen) atoms. The smallest absolute Gasteiger partial charge is 0.353 e. The number of nitrogens with zero attached hydrogens (tertiary/aromatic N) is 4. The molecular weight excluding hydrogens is 604 g/mol. The molecule has 3 aromatic rings. The summed E-state index contributed by atoms with van der Waals surface area (Å²) in [5.74, 6) is -1.59. The molecule has 16 heteroatoms. The predicted octanol–water partition coefficient (Wildman–Crippen LogP) is 4.17. The third-order valence-corrected chi connectivity index (χ3v) is 9.60. The Balaban J connectivity index is 1.58. The second-order valence-corrected chi connectivity index (χ2v) is 11.9. The molecular formula is C27H23F6N5O4S. The minimum atomic E-state index is -5.33. The highest BCUT2D eigenvalue weighted by molar-refractivity contribution is 7.94. The molecule has 1 aromatic heterocycles. The number of alkyl halides is 6. The van der Waals surface area contributed by atoms with Gasteiger partial charge in [0.2, 0.25) is 9.84 Å².